The van der Waals surface area contributed by atoms with Crippen LogP contribution in [-0.2, 0) is 11.3 Å². The van der Waals surface area contributed by atoms with E-state index in [4.69, 9.17) is 34.8 Å². The maximum Gasteiger partial charge on any atom is 0.223 e. The molecule has 1 amide bonds. The van der Waals surface area contributed by atoms with E-state index in [1.54, 1.807) is 11.9 Å². The van der Waals surface area contributed by atoms with Gasteiger partial charge in [0.05, 0.1) is 0 Å². The third kappa shape index (κ3) is 5.02. The van der Waals surface area contributed by atoms with Crippen molar-refractivity contribution < 1.29 is 4.79 Å². The van der Waals surface area contributed by atoms with Crippen LogP contribution in [0.25, 0.3) is 0 Å². The van der Waals surface area contributed by atoms with E-state index < -0.39 is 9.96 Å². The summed E-state index contributed by atoms with van der Waals surface area (Å²) in [6.45, 7) is 1.96. The minimum Gasteiger partial charge on any atom is -0.337 e. The molecule has 18 heavy (non-hydrogen) atoms. The lowest BCUT2D eigenvalue weighted by Crippen LogP contribution is -2.53. The lowest BCUT2D eigenvalue weighted by Gasteiger charge is -2.33. The fraction of sp³-hybridized carbons (Fsp3) is 0.417. The minimum atomic E-state index is -1.59. The third-order valence-corrected chi connectivity index (χ3v) is 2.99. The Morgan fingerprint density at radius 1 is 1.33 bits per heavy atom. The fourth-order valence-electron chi connectivity index (χ4n) is 1.60. The molecule has 3 nitrogen and oxygen atoms in total. The van der Waals surface area contributed by atoms with Gasteiger partial charge in [-0.15, -0.1) is 0 Å². The Labute approximate surface area is 122 Å². The van der Waals surface area contributed by atoms with E-state index in [0.29, 0.717) is 6.54 Å². The lowest BCUT2D eigenvalue weighted by atomic mass is 10.2. The second-order valence-corrected chi connectivity index (χ2v) is 6.41. The Kier molecular flexibility index (Phi) is 5.73. The number of halogens is 3. The molecule has 0 fully saturated rings. The van der Waals surface area contributed by atoms with Gasteiger partial charge in [-0.1, -0.05) is 65.1 Å². The van der Waals surface area contributed by atoms with E-state index in [2.05, 4.69) is 5.32 Å². The summed E-state index contributed by atoms with van der Waals surface area (Å²) in [6.07, 6.45) is -0.680. The van der Waals surface area contributed by atoms with Gasteiger partial charge in [0.25, 0.3) is 0 Å². The van der Waals surface area contributed by atoms with Crippen LogP contribution in [0.2, 0.25) is 0 Å². The molecule has 100 valence electrons. The highest BCUT2D eigenvalue weighted by atomic mass is 35.6. The van der Waals surface area contributed by atoms with Gasteiger partial charge in [0.15, 0.2) is 0 Å². The van der Waals surface area contributed by atoms with Crippen molar-refractivity contribution in [1.82, 2.24) is 10.2 Å². The van der Waals surface area contributed by atoms with Crippen molar-refractivity contribution in [2.24, 2.45) is 0 Å². The molecule has 0 unspecified atom stereocenters. The smallest absolute Gasteiger partial charge is 0.223 e. The van der Waals surface area contributed by atoms with Crippen LogP contribution in [-0.4, -0.2) is 27.8 Å². The van der Waals surface area contributed by atoms with Crippen LogP contribution in [0, 0.1) is 0 Å². The topological polar surface area (TPSA) is 32.3 Å². The molecule has 6 heteroatoms. The van der Waals surface area contributed by atoms with Gasteiger partial charge in [-0.2, -0.15) is 0 Å². The second-order valence-electron chi connectivity index (χ2n) is 4.05. The predicted molar refractivity (Wildman–Crippen MR) is 75.8 cm³/mol. The first-order chi connectivity index (χ1) is 8.30. The first-order valence-corrected chi connectivity index (χ1v) is 6.52. The summed E-state index contributed by atoms with van der Waals surface area (Å²) >= 11 is 17.6. The maximum absolute atomic E-state index is 11.1. The first kappa shape index (κ1) is 15.6. The molecule has 0 bridgehead atoms. The zero-order valence-corrected chi connectivity index (χ0v) is 12.4. The Morgan fingerprint density at radius 2 is 1.89 bits per heavy atom. The summed E-state index contributed by atoms with van der Waals surface area (Å²) < 4.78 is -1.59. The second kappa shape index (κ2) is 6.62. The summed E-state index contributed by atoms with van der Waals surface area (Å²) in [5.41, 5.74) is 1.07. The number of nitrogens with one attached hydrogen (secondary N) is 1. The number of carbonyl (C=O) groups excluding carboxylic acids is 1. The van der Waals surface area contributed by atoms with Crippen molar-refractivity contribution in [3.63, 3.8) is 0 Å². The Hall–Kier alpha value is -0.480. The summed E-state index contributed by atoms with van der Waals surface area (Å²) in [4.78, 5) is 12.9. The van der Waals surface area contributed by atoms with E-state index in [0.717, 1.165) is 5.56 Å². The Bertz CT molecular complexity index is 392. The lowest BCUT2D eigenvalue weighted by molar-refractivity contribution is -0.120. The normalized spacial score (nSPS) is 13.4. The molecule has 0 saturated heterocycles. The number of rotatable bonds is 4. The standard InChI is InChI=1S/C12H15Cl3N2O/c1-9(18)16-11(12(13,14)15)17(2)8-10-6-4-3-5-7-10/h3-7,11H,8H2,1-2H3,(H,16,18)/t11-/m0/s1. The molecule has 1 aromatic rings. The summed E-state index contributed by atoms with van der Waals surface area (Å²) in [6, 6.07) is 9.75. The van der Waals surface area contributed by atoms with E-state index >= 15 is 0 Å². The first-order valence-electron chi connectivity index (χ1n) is 5.38. The van der Waals surface area contributed by atoms with E-state index in [1.807, 2.05) is 30.3 Å². The molecule has 0 aliphatic heterocycles. The largest absolute Gasteiger partial charge is 0.337 e. The molecule has 1 atom stereocenters. The molecular weight excluding hydrogens is 295 g/mol. The number of alkyl halides is 3. The van der Waals surface area contributed by atoms with E-state index in [1.165, 1.54) is 6.92 Å². The highest BCUT2D eigenvalue weighted by Gasteiger charge is 2.36. The zero-order valence-electron chi connectivity index (χ0n) is 10.2. The average molecular weight is 310 g/mol. The monoisotopic (exact) mass is 308 g/mol. The highest BCUT2D eigenvalue weighted by Crippen LogP contribution is 2.32. The van der Waals surface area contributed by atoms with Crippen molar-refractivity contribution in [2.45, 2.75) is 23.4 Å². The van der Waals surface area contributed by atoms with Gasteiger partial charge < -0.3 is 5.32 Å². The molecular formula is C12H15Cl3N2O. The number of amides is 1. The molecule has 0 aliphatic carbocycles. The Morgan fingerprint density at radius 3 is 2.33 bits per heavy atom. The van der Waals surface area contributed by atoms with Crippen molar-refractivity contribution in [2.75, 3.05) is 7.05 Å². The van der Waals surface area contributed by atoms with Gasteiger partial charge in [0, 0.05) is 13.5 Å². The Balaban J connectivity index is 2.77. The molecule has 0 spiro atoms. The molecule has 0 aromatic heterocycles. The minimum absolute atomic E-state index is 0.244. The number of benzene rings is 1. The van der Waals surface area contributed by atoms with Crippen LogP contribution in [0.1, 0.15) is 12.5 Å². The molecule has 0 heterocycles. The molecule has 0 aliphatic rings. The quantitative estimate of drug-likeness (QED) is 0.685. The van der Waals surface area contributed by atoms with Gasteiger partial charge in [0.2, 0.25) is 9.70 Å². The van der Waals surface area contributed by atoms with Crippen LogP contribution in [0.4, 0.5) is 0 Å². The van der Waals surface area contributed by atoms with Crippen LogP contribution < -0.4 is 5.32 Å². The van der Waals surface area contributed by atoms with Gasteiger partial charge in [-0.25, -0.2) is 0 Å². The maximum atomic E-state index is 11.1. The van der Waals surface area contributed by atoms with Crippen LogP contribution in [0.15, 0.2) is 30.3 Å². The van der Waals surface area contributed by atoms with Crippen molar-refractivity contribution in [3.8, 4) is 0 Å². The van der Waals surface area contributed by atoms with Crippen molar-refractivity contribution in [3.05, 3.63) is 35.9 Å². The third-order valence-electron chi connectivity index (χ3n) is 2.37. The number of nitrogens with zero attached hydrogens (tertiary/aromatic N) is 1. The SMILES string of the molecule is CC(=O)N[C@@H](N(C)Cc1ccccc1)C(Cl)(Cl)Cl. The predicted octanol–water partition coefficient (Wildman–Crippen LogP) is 2.95. The highest BCUT2D eigenvalue weighted by molar-refractivity contribution is 6.68. The molecule has 1 rings (SSSR count). The van der Waals surface area contributed by atoms with Crippen LogP contribution >= 0.6 is 34.8 Å². The molecule has 1 N–H and O–H groups in total. The summed E-state index contributed by atoms with van der Waals surface area (Å²) in [5.74, 6) is -0.244. The zero-order chi connectivity index (χ0) is 13.8. The fourth-order valence-corrected chi connectivity index (χ4v) is 2.26. The van der Waals surface area contributed by atoms with Gasteiger partial charge in [-0.05, 0) is 12.6 Å². The molecule has 0 radical (unpaired) electrons. The van der Waals surface area contributed by atoms with E-state index in [-0.39, 0.29) is 5.91 Å². The molecule has 0 saturated carbocycles. The average Bonchev–Trinajstić information content (AvgIpc) is 2.25. The number of hydrogen-bond acceptors (Lipinski definition) is 2. The number of hydrogen-bond donors (Lipinski definition) is 1. The number of carbonyl (C=O) groups is 1. The van der Waals surface area contributed by atoms with Crippen molar-refractivity contribution >= 4 is 40.7 Å². The summed E-state index contributed by atoms with van der Waals surface area (Å²) in [5, 5.41) is 2.63. The van der Waals surface area contributed by atoms with Gasteiger partial charge in [-0.3, -0.25) is 9.69 Å². The summed E-state index contributed by atoms with van der Waals surface area (Å²) in [7, 11) is 1.79. The van der Waals surface area contributed by atoms with E-state index in [9.17, 15) is 4.79 Å². The van der Waals surface area contributed by atoms with Crippen LogP contribution in [0.3, 0.4) is 0 Å². The molecule has 1 aromatic carbocycles. The van der Waals surface area contributed by atoms with Crippen molar-refractivity contribution in [1.29, 1.82) is 0 Å². The van der Waals surface area contributed by atoms with Gasteiger partial charge >= 0.3 is 0 Å². The van der Waals surface area contributed by atoms with Gasteiger partial charge in [0.1, 0.15) is 6.17 Å². The van der Waals surface area contributed by atoms with Crippen LogP contribution in [0.5, 0.6) is 0 Å².